The summed E-state index contributed by atoms with van der Waals surface area (Å²) in [6.07, 6.45) is 1.85. The molecule has 1 heterocycles. The Bertz CT molecular complexity index is 642. The van der Waals surface area contributed by atoms with Gasteiger partial charge in [-0.1, -0.05) is 13.8 Å². The number of carbonyl (C=O) groups excluding carboxylic acids is 1. The Hall–Kier alpha value is -1.41. The van der Waals surface area contributed by atoms with Gasteiger partial charge in [0.05, 0.1) is 17.9 Å². The second kappa shape index (κ2) is 7.00. The average Bonchev–Trinajstić information content (AvgIpc) is 2.47. The van der Waals surface area contributed by atoms with Crippen molar-refractivity contribution in [1.29, 1.82) is 0 Å². The van der Waals surface area contributed by atoms with Crippen molar-refractivity contribution < 1.29 is 38.1 Å². The normalized spacial score (nSPS) is 12.7. The van der Waals surface area contributed by atoms with Crippen LogP contribution in [0.2, 0.25) is 0 Å². The van der Waals surface area contributed by atoms with E-state index >= 15 is 0 Å². The molecular formula is C13H18F2NO6P. The van der Waals surface area contributed by atoms with Crippen LogP contribution in [-0.2, 0) is 11.2 Å². The number of rotatable bonds is 7. The highest BCUT2D eigenvalue weighted by Gasteiger charge is 2.56. The summed E-state index contributed by atoms with van der Waals surface area (Å²) in [6, 6.07) is 0. The molecule has 1 aromatic heterocycles. The molecule has 0 amide bonds. The Kier molecular flexibility index (Phi) is 5.98. The van der Waals surface area contributed by atoms with Crippen molar-refractivity contribution in [2.24, 2.45) is 0 Å². The molecular weight excluding hydrogens is 335 g/mol. The first-order chi connectivity index (χ1) is 10.5. The van der Waals surface area contributed by atoms with Gasteiger partial charge >= 0.3 is 13.3 Å². The molecule has 1 aromatic rings. The van der Waals surface area contributed by atoms with Crippen LogP contribution in [0.3, 0.4) is 0 Å². The van der Waals surface area contributed by atoms with E-state index in [9.17, 15) is 28.4 Å². The fourth-order valence-corrected chi connectivity index (χ4v) is 2.56. The minimum atomic E-state index is -6.05. The van der Waals surface area contributed by atoms with Gasteiger partial charge in [-0.05, 0) is 12.8 Å². The van der Waals surface area contributed by atoms with Gasteiger partial charge in [0.2, 0.25) is 5.78 Å². The number of aliphatic hydroxyl groups excluding tert-OH is 1. The van der Waals surface area contributed by atoms with Crippen molar-refractivity contribution in [3.8, 4) is 5.75 Å². The maximum atomic E-state index is 13.5. The molecule has 0 radical (unpaired) electrons. The molecule has 0 bridgehead atoms. The van der Waals surface area contributed by atoms with Crippen LogP contribution in [0, 0.1) is 0 Å². The third-order valence-electron chi connectivity index (χ3n) is 3.60. The lowest BCUT2D eigenvalue weighted by Crippen LogP contribution is -2.30. The standard InChI is InChI=1S/C13H18F2NO6P/c1-3-7(4-2)10-11(18)9(6-17)8(5-16-10)12(19)13(14,15)23(20,21)22/h5,7,17-18H,3-4,6H2,1-2H3,(H2,20,21,22). The van der Waals surface area contributed by atoms with E-state index in [1.165, 1.54) is 0 Å². The minimum Gasteiger partial charge on any atom is -0.506 e. The number of halogens is 2. The van der Waals surface area contributed by atoms with Crippen molar-refractivity contribution in [2.75, 3.05) is 0 Å². The maximum Gasteiger partial charge on any atom is 0.407 e. The number of aromatic hydroxyl groups is 1. The summed E-state index contributed by atoms with van der Waals surface area (Å²) in [5, 5.41) is 19.4. The zero-order chi connectivity index (χ0) is 18.0. The number of hydrogen-bond acceptors (Lipinski definition) is 5. The number of alkyl halides is 2. The second-order valence-electron chi connectivity index (χ2n) is 4.97. The van der Waals surface area contributed by atoms with E-state index in [4.69, 9.17) is 9.79 Å². The quantitative estimate of drug-likeness (QED) is 0.437. The Balaban J connectivity index is 3.49. The predicted octanol–water partition coefficient (Wildman–Crippen LogP) is 2.14. The van der Waals surface area contributed by atoms with Crippen molar-refractivity contribution in [3.05, 3.63) is 23.0 Å². The maximum absolute atomic E-state index is 13.5. The van der Waals surface area contributed by atoms with E-state index in [2.05, 4.69) is 4.98 Å². The van der Waals surface area contributed by atoms with Gasteiger partial charge in [0, 0.05) is 17.7 Å². The highest BCUT2D eigenvalue weighted by molar-refractivity contribution is 7.54. The van der Waals surface area contributed by atoms with Crippen LogP contribution in [0.4, 0.5) is 8.78 Å². The van der Waals surface area contributed by atoms with Crippen LogP contribution in [0.5, 0.6) is 5.75 Å². The molecule has 10 heteroatoms. The topological polar surface area (TPSA) is 128 Å². The first-order valence-corrected chi connectivity index (χ1v) is 8.43. The molecule has 130 valence electrons. The van der Waals surface area contributed by atoms with E-state index < -0.39 is 42.5 Å². The van der Waals surface area contributed by atoms with Gasteiger partial charge in [0.1, 0.15) is 5.75 Å². The number of nitrogens with zero attached hydrogens (tertiary/aromatic N) is 1. The number of carbonyl (C=O) groups is 1. The van der Waals surface area contributed by atoms with Gasteiger partial charge in [-0.2, -0.15) is 8.78 Å². The van der Waals surface area contributed by atoms with E-state index in [0.29, 0.717) is 19.0 Å². The SMILES string of the molecule is CCC(CC)c1ncc(C(=O)C(F)(F)P(=O)(O)O)c(CO)c1O. The summed E-state index contributed by atoms with van der Waals surface area (Å²) in [6.45, 7) is 2.67. The van der Waals surface area contributed by atoms with E-state index in [-0.39, 0.29) is 11.6 Å². The summed E-state index contributed by atoms with van der Waals surface area (Å²) < 4.78 is 37.9. The molecule has 0 aliphatic heterocycles. The van der Waals surface area contributed by atoms with Crippen LogP contribution < -0.4 is 0 Å². The molecule has 7 nitrogen and oxygen atoms in total. The van der Waals surface area contributed by atoms with Gasteiger partial charge in [0.15, 0.2) is 0 Å². The number of ketones is 1. The smallest absolute Gasteiger partial charge is 0.407 e. The van der Waals surface area contributed by atoms with Crippen molar-refractivity contribution in [1.82, 2.24) is 4.98 Å². The van der Waals surface area contributed by atoms with Crippen LogP contribution in [0.15, 0.2) is 6.20 Å². The Labute approximate surface area is 131 Å². The van der Waals surface area contributed by atoms with Crippen LogP contribution in [0.1, 0.15) is 54.2 Å². The molecule has 23 heavy (non-hydrogen) atoms. The van der Waals surface area contributed by atoms with E-state index in [1.54, 1.807) is 0 Å². The summed E-state index contributed by atoms with van der Waals surface area (Å²) in [4.78, 5) is 32.8. The third-order valence-corrected chi connectivity index (χ3v) is 4.54. The van der Waals surface area contributed by atoms with Gasteiger partial charge in [-0.25, -0.2) is 0 Å². The molecule has 0 atom stereocenters. The molecule has 0 saturated heterocycles. The molecule has 0 saturated carbocycles. The number of hydrogen-bond donors (Lipinski definition) is 4. The Morgan fingerprint density at radius 3 is 2.26 bits per heavy atom. The lowest BCUT2D eigenvalue weighted by molar-refractivity contribution is 0.0408. The fourth-order valence-electron chi connectivity index (χ4n) is 2.18. The van der Waals surface area contributed by atoms with Gasteiger partial charge in [-0.15, -0.1) is 0 Å². The third kappa shape index (κ3) is 3.58. The molecule has 4 N–H and O–H groups in total. The second-order valence-corrected chi connectivity index (χ2v) is 6.62. The lowest BCUT2D eigenvalue weighted by Gasteiger charge is -2.20. The lowest BCUT2D eigenvalue weighted by atomic mass is 9.94. The number of Topliss-reactive ketones (excluding diaryl/α,β-unsaturated/α-hetero) is 1. The first-order valence-electron chi connectivity index (χ1n) is 6.82. The molecule has 1 rings (SSSR count). The van der Waals surface area contributed by atoms with Crippen molar-refractivity contribution in [2.45, 2.75) is 44.9 Å². The summed E-state index contributed by atoms with van der Waals surface area (Å²) >= 11 is 0. The molecule has 0 fully saturated rings. The first kappa shape index (κ1) is 19.6. The summed E-state index contributed by atoms with van der Waals surface area (Å²) in [5.74, 6) is -3.03. The highest BCUT2D eigenvalue weighted by Crippen LogP contribution is 2.54. The van der Waals surface area contributed by atoms with Gasteiger partial charge in [-0.3, -0.25) is 14.3 Å². The predicted molar refractivity (Wildman–Crippen MR) is 76.5 cm³/mol. The van der Waals surface area contributed by atoms with E-state index in [0.717, 1.165) is 0 Å². The molecule has 0 spiro atoms. The minimum absolute atomic E-state index is 0.134. The van der Waals surface area contributed by atoms with Crippen molar-refractivity contribution in [3.63, 3.8) is 0 Å². The number of aliphatic hydroxyl groups is 1. The van der Waals surface area contributed by atoms with Gasteiger partial charge in [0.25, 0.3) is 0 Å². The fraction of sp³-hybridized carbons (Fsp3) is 0.538. The molecule has 0 aromatic carbocycles. The van der Waals surface area contributed by atoms with E-state index in [1.807, 2.05) is 13.8 Å². The van der Waals surface area contributed by atoms with Crippen LogP contribution >= 0.6 is 7.60 Å². The van der Waals surface area contributed by atoms with Crippen molar-refractivity contribution >= 4 is 13.4 Å². The largest absolute Gasteiger partial charge is 0.506 e. The zero-order valence-corrected chi connectivity index (χ0v) is 13.4. The Morgan fingerprint density at radius 1 is 1.35 bits per heavy atom. The van der Waals surface area contributed by atoms with Crippen LogP contribution in [0.25, 0.3) is 0 Å². The molecule has 0 aliphatic rings. The summed E-state index contributed by atoms with van der Waals surface area (Å²) in [7, 11) is -6.05. The zero-order valence-electron chi connectivity index (χ0n) is 12.5. The Morgan fingerprint density at radius 2 is 1.87 bits per heavy atom. The highest BCUT2D eigenvalue weighted by atomic mass is 31.2. The average molecular weight is 353 g/mol. The number of pyridine rings is 1. The molecule has 0 aliphatic carbocycles. The monoisotopic (exact) mass is 353 g/mol. The van der Waals surface area contributed by atoms with Crippen LogP contribution in [-0.4, -0.2) is 36.4 Å². The van der Waals surface area contributed by atoms with Gasteiger partial charge < -0.3 is 20.0 Å². The molecule has 0 unspecified atom stereocenters. The number of aromatic nitrogens is 1. The summed E-state index contributed by atoms with van der Waals surface area (Å²) in [5.41, 5.74) is -6.29.